The Morgan fingerprint density at radius 2 is 2.11 bits per heavy atom. The molecule has 5 nitrogen and oxygen atoms in total. The van der Waals surface area contributed by atoms with Gasteiger partial charge in [-0.2, -0.15) is 0 Å². The van der Waals surface area contributed by atoms with Gasteiger partial charge in [0.15, 0.2) is 0 Å². The Balaban J connectivity index is 3.17. The fourth-order valence-corrected chi connectivity index (χ4v) is 1.59. The van der Waals surface area contributed by atoms with Crippen LogP contribution >= 0.6 is 15.9 Å². The van der Waals surface area contributed by atoms with E-state index in [2.05, 4.69) is 25.7 Å². The van der Waals surface area contributed by atoms with Crippen molar-refractivity contribution >= 4 is 21.9 Å². The fraction of sp³-hybridized carbons (Fsp3) is 0.333. The van der Waals surface area contributed by atoms with Crippen molar-refractivity contribution in [2.45, 2.75) is 18.1 Å². The molecule has 0 aliphatic carbocycles. The zero-order valence-corrected chi connectivity index (χ0v) is 10.2. The van der Waals surface area contributed by atoms with Gasteiger partial charge in [0.2, 0.25) is 5.88 Å². The standard InChI is InChI=1S/C9H7BrF3NO4/c10-3-4-1-6(18-9(11,12)13)14-5(8(4)17)2-7(15)16/h1,17H,2-3H2,(H,15,16). The van der Waals surface area contributed by atoms with Crippen LogP contribution in [-0.2, 0) is 16.5 Å². The van der Waals surface area contributed by atoms with Gasteiger partial charge in [-0.25, -0.2) is 4.98 Å². The molecule has 0 spiro atoms. The third kappa shape index (κ3) is 4.06. The van der Waals surface area contributed by atoms with Crippen LogP contribution in [0.3, 0.4) is 0 Å². The lowest BCUT2D eigenvalue weighted by molar-refractivity contribution is -0.276. The molecule has 2 N–H and O–H groups in total. The molecular weight excluding hydrogens is 323 g/mol. The van der Waals surface area contributed by atoms with Crippen molar-refractivity contribution < 1.29 is 32.9 Å². The van der Waals surface area contributed by atoms with Gasteiger partial charge in [0.1, 0.15) is 5.75 Å². The van der Waals surface area contributed by atoms with Crippen LogP contribution in [0.4, 0.5) is 13.2 Å². The molecule has 0 aliphatic rings. The van der Waals surface area contributed by atoms with Crippen LogP contribution in [0, 0.1) is 0 Å². The van der Waals surface area contributed by atoms with Gasteiger partial charge in [0.05, 0.1) is 12.1 Å². The fourth-order valence-electron chi connectivity index (χ4n) is 1.16. The molecular formula is C9H7BrF3NO4. The number of carbonyl (C=O) groups is 1. The highest BCUT2D eigenvalue weighted by atomic mass is 79.9. The topological polar surface area (TPSA) is 79.7 Å². The summed E-state index contributed by atoms with van der Waals surface area (Å²) in [5.41, 5.74) is -0.334. The molecule has 0 fully saturated rings. The van der Waals surface area contributed by atoms with Crippen molar-refractivity contribution in [3.8, 4) is 11.6 Å². The molecule has 0 aliphatic heterocycles. The number of alkyl halides is 4. The number of aliphatic carboxylic acids is 1. The van der Waals surface area contributed by atoms with Crippen molar-refractivity contribution in [3.05, 3.63) is 17.3 Å². The van der Waals surface area contributed by atoms with Crippen LogP contribution in [0.5, 0.6) is 11.6 Å². The van der Waals surface area contributed by atoms with Gasteiger partial charge in [0, 0.05) is 17.0 Å². The summed E-state index contributed by atoms with van der Waals surface area (Å²) >= 11 is 2.95. The normalized spacial score (nSPS) is 11.3. The molecule has 18 heavy (non-hydrogen) atoms. The minimum Gasteiger partial charge on any atom is -0.506 e. The number of carboxylic acids is 1. The maximum Gasteiger partial charge on any atom is 0.574 e. The molecule has 0 saturated heterocycles. The molecule has 0 bridgehead atoms. The minimum atomic E-state index is -4.94. The summed E-state index contributed by atoms with van der Waals surface area (Å²) in [6.45, 7) is 0. The van der Waals surface area contributed by atoms with E-state index < -0.39 is 36.1 Å². The summed E-state index contributed by atoms with van der Waals surface area (Å²) in [6, 6.07) is 0.878. The summed E-state index contributed by atoms with van der Waals surface area (Å²) in [7, 11) is 0. The number of aromatic nitrogens is 1. The second-order valence-corrected chi connectivity index (χ2v) is 3.73. The largest absolute Gasteiger partial charge is 0.574 e. The van der Waals surface area contributed by atoms with E-state index in [0.717, 1.165) is 6.07 Å². The molecule has 1 heterocycles. The molecule has 0 atom stereocenters. The summed E-state index contributed by atoms with van der Waals surface area (Å²) in [6.07, 6.45) is -5.64. The summed E-state index contributed by atoms with van der Waals surface area (Å²) in [5.74, 6) is -2.61. The van der Waals surface area contributed by atoms with E-state index >= 15 is 0 Å². The first-order chi connectivity index (χ1) is 8.23. The Morgan fingerprint density at radius 1 is 1.50 bits per heavy atom. The number of halogens is 4. The van der Waals surface area contributed by atoms with E-state index in [0.29, 0.717) is 0 Å². The number of pyridine rings is 1. The van der Waals surface area contributed by atoms with Crippen LogP contribution in [0.1, 0.15) is 11.3 Å². The number of aromatic hydroxyl groups is 1. The van der Waals surface area contributed by atoms with E-state index in [-0.39, 0.29) is 10.9 Å². The van der Waals surface area contributed by atoms with Gasteiger partial charge in [-0.15, -0.1) is 13.2 Å². The molecule has 0 unspecified atom stereocenters. The van der Waals surface area contributed by atoms with Crippen LogP contribution in [0.25, 0.3) is 0 Å². The molecule has 0 amide bonds. The van der Waals surface area contributed by atoms with Crippen LogP contribution in [-0.4, -0.2) is 27.5 Å². The second kappa shape index (κ2) is 5.42. The average Bonchev–Trinajstić information content (AvgIpc) is 2.19. The molecule has 1 aromatic rings. The highest BCUT2D eigenvalue weighted by Crippen LogP contribution is 2.30. The third-order valence-corrected chi connectivity index (χ3v) is 2.41. The van der Waals surface area contributed by atoms with E-state index in [1.54, 1.807) is 0 Å². The Morgan fingerprint density at radius 3 is 2.56 bits per heavy atom. The van der Waals surface area contributed by atoms with E-state index in [4.69, 9.17) is 5.11 Å². The number of rotatable bonds is 4. The van der Waals surface area contributed by atoms with Gasteiger partial charge in [0.25, 0.3) is 0 Å². The number of ether oxygens (including phenoxy) is 1. The van der Waals surface area contributed by atoms with Gasteiger partial charge in [-0.1, -0.05) is 15.9 Å². The number of hydrogen-bond acceptors (Lipinski definition) is 4. The number of hydrogen-bond donors (Lipinski definition) is 2. The summed E-state index contributed by atoms with van der Waals surface area (Å²) in [4.78, 5) is 13.8. The third-order valence-electron chi connectivity index (χ3n) is 1.80. The first-order valence-corrected chi connectivity index (χ1v) is 5.60. The first kappa shape index (κ1) is 14.6. The Hall–Kier alpha value is -1.51. The molecule has 1 aromatic heterocycles. The molecule has 100 valence electrons. The summed E-state index contributed by atoms with van der Waals surface area (Å²) in [5, 5.41) is 18.2. The monoisotopic (exact) mass is 329 g/mol. The quantitative estimate of drug-likeness (QED) is 0.828. The maximum atomic E-state index is 12.0. The van der Waals surface area contributed by atoms with Crippen molar-refractivity contribution in [1.29, 1.82) is 0 Å². The predicted molar refractivity (Wildman–Crippen MR) is 56.6 cm³/mol. The van der Waals surface area contributed by atoms with Crippen molar-refractivity contribution in [2.75, 3.05) is 0 Å². The molecule has 9 heteroatoms. The highest BCUT2D eigenvalue weighted by Gasteiger charge is 2.32. The molecule has 0 saturated carbocycles. The minimum absolute atomic E-state index is 0.0299. The molecule has 0 radical (unpaired) electrons. The van der Waals surface area contributed by atoms with Crippen LogP contribution in [0.2, 0.25) is 0 Å². The molecule has 1 rings (SSSR count). The van der Waals surface area contributed by atoms with Gasteiger partial charge in [-0.05, 0) is 0 Å². The lowest BCUT2D eigenvalue weighted by Gasteiger charge is -2.12. The zero-order valence-electron chi connectivity index (χ0n) is 8.66. The maximum absolute atomic E-state index is 12.0. The van der Waals surface area contributed by atoms with E-state index in [1.807, 2.05) is 0 Å². The Bertz CT molecular complexity index is 464. The zero-order chi connectivity index (χ0) is 13.9. The first-order valence-electron chi connectivity index (χ1n) is 4.48. The van der Waals surface area contributed by atoms with Crippen molar-refractivity contribution in [2.24, 2.45) is 0 Å². The smallest absolute Gasteiger partial charge is 0.506 e. The van der Waals surface area contributed by atoms with Gasteiger partial charge >= 0.3 is 12.3 Å². The van der Waals surface area contributed by atoms with Crippen molar-refractivity contribution in [3.63, 3.8) is 0 Å². The second-order valence-electron chi connectivity index (χ2n) is 3.17. The SMILES string of the molecule is O=C(O)Cc1nc(OC(F)(F)F)cc(CBr)c1O. The van der Waals surface area contributed by atoms with Crippen molar-refractivity contribution in [1.82, 2.24) is 4.98 Å². The lowest BCUT2D eigenvalue weighted by atomic mass is 10.2. The Labute approximate surface area is 107 Å². The lowest BCUT2D eigenvalue weighted by Crippen LogP contribution is -2.18. The van der Waals surface area contributed by atoms with E-state index in [9.17, 15) is 23.1 Å². The van der Waals surface area contributed by atoms with E-state index in [1.165, 1.54) is 0 Å². The van der Waals surface area contributed by atoms with Crippen LogP contribution < -0.4 is 4.74 Å². The summed E-state index contributed by atoms with van der Waals surface area (Å²) < 4.78 is 39.6. The average molecular weight is 330 g/mol. The van der Waals surface area contributed by atoms with Gasteiger partial charge in [-0.3, -0.25) is 4.79 Å². The predicted octanol–water partition coefficient (Wildman–Crippen LogP) is 2.21. The number of nitrogens with zero attached hydrogens (tertiary/aromatic N) is 1. The van der Waals surface area contributed by atoms with Crippen LogP contribution in [0.15, 0.2) is 6.07 Å². The van der Waals surface area contributed by atoms with Gasteiger partial charge < -0.3 is 14.9 Å². The molecule has 0 aromatic carbocycles. The number of carboxylic acid groups (broad SMARTS) is 1. The highest BCUT2D eigenvalue weighted by molar-refractivity contribution is 9.08. The Kier molecular flexibility index (Phi) is 4.38.